The van der Waals surface area contributed by atoms with Crippen LogP contribution < -0.4 is 0 Å². The summed E-state index contributed by atoms with van der Waals surface area (Å²) in [6, 6.07) is 1.73. The maximum atomic E-state index is 9.10. The molecule has 16 heavy (non-hydrogen) atoms. The second-order valence-corrected chi connectivity index (χ2v) is 3.53. The Hall–Kier alpha value is -1.46. The first-order chi connectivity index (χ1) is 7.77. The number of rotatable bonds is 3. The summed E-state index contributed by atoms with van der Waals surface area (Å²) in [5.41, 5.74) is 1.10. The average Bonchev–Trinajstić information content (AvgIpc) is 2.66. The Kier molecular flexibility index (Phi) is 3.17. The van der Waals surface area contributed by atoms with Gasteiger partial charge in [0.1, 0.15) is 11.4 Å². The second-order valence-electron chi connectivity index (χ2n) is 3.16. The summed E-state index contributed by atoms with van der Waals surface area (Å²) in [6.45, 7) is 2.40. The first-order valence-electron chi connectivity index (χ1n) is 4.91. The van der Waals surface area contributed by atoms with Crippen molar-refractivity contribution in [1.29, 1.82) is 0 Å². The van der Waals surface area contributed by atoms with E-state index < -0.39 is 0 Å². The molecule has 1 N–H and O–H groups in total. The number of halogens is 1. The topological polar surface area (TPSA) is 63.8 Å². The van der Waals surface area contributed by atoms with Crippen LogP contribution in [-0.2, 0) is 13.2 Å². The van der Waals surface area contributed by atoms with E-state index in [0.717, 1.165) is 0 Å². The highest BCUT2D eigenvalue weighted by atomic mass is 35.5. The van der Waals surface area contributed by atoms with Crippen LogP contribution >= 0.6 is 11.6 Å². The molecule has 0 saturated heterocycles. The quantitative estimate of drug-likeness (QED) is 0.880. The molecule has 0 saturated carbocycles. The van der Waals surface area contributed by atoms with Gasteiger partial charge in [0.05, 0.1) is 11.6 Å². The minimum atomic E-state index is -0.189. The molecule has 0 radical (unpaired) electrons. The van der Waals surface area contributed by atoms with Crippen molar-refractivity contribution >= 4 is 11.6 Å². The molecule has 0 atom stereocenters. The fourth-order valence-corrected chi connectivity index (χ4v) is 1.73. The van der Waals surface area contributed by atoms with Crippen molar-refractivity contribution in [2.24, 2.45) is 0 Å². The standard InChI is InChI=1S/C10H11ClN4O/c1-2-15-9(8(11)7(6-16)14-15)10-12-4-3-5-13-10/h3-5,16H,2,6H2,1H3. The average molecular weight is 239 g/mol. The SMILES string of the molecule is CCn1nc(CO)c(Cl)c1-c1ncccn1. The molecule has 0 aliphatic rings. The molecule has 84 valence electrons. The fraction of sp³-hybridized carbons (Fsp3) is 0.300. The molecule has 5 nitrogen and oxygen atoms in total. The maximum Gasteiger partial charge on any atom is 0.179 e. The van der Waals surface area contributed by atoms with Crippen LogP contribution in [0.1, 0.15) is 12.6 Å². The monoisotopic (exact) mass is 238 g/mol. The van der Waals surface area contributed by atoms with E-state index in [2.05, 4.69) is 15.1 Å². The van der Waals surface area contributed by atoms with Gasteiger partial charge < -0.3 is 5.11 Å². The van der Waals surface area contributed by atoms with E-state index in [0.29, 0.717) is 28.8 Å². The van der Waals surface area contributed by atoms with Gasteiger partial charge in [-0.25, -0.2) is 9.97 Å². The van der Waals surface area contributed by atoms with Crippen LogP contribution in [0, 0.1) is 0 Å². The van der Waals surface area contributed by atoms with Crippen LogP contribution in [0.3, 0.4) is 0 Å². The molecular formula is C10H11ClN4O. The number of aliphatic hydroxyl groups is 1. The van der Waals surface area contributed by atoms with Gasteiger partial charge in [-0.15, -0.1) is 0 Å². The van der Waals surface area contributed by atoms with Crippen molar-refractivity contribution in [3.8, 4) is 11.5 Å². The van der Waals surface area contributed by atoms with Crippen molar-refractivity contribution in [2.45, 2.75) is 20.1 Å². The lowest BCUT2D eigenvalue weighted by molar-refractivity contribution is 0.275. The third-order valence-electron chi connectivity index (χ3n) is 2.19. The largest absolute Gasteiger partial charge is 0.390 e. The summed E-state index contributed by atoms with van der Waals surface area (Å²) in [5, 5.41) is 13.7. The number of hydrogen-bond donors (Lipinski definition) is 1. The van der Waals surface area contributed by atoms with E-state index in [1.54, 1.807) is 23.1 Å². The fourth-order valence-electron chi connectivity index (χ4n) is 1.45. The summed E-state index contributed by atoms with van der Waals surface area (Å²) >= 11 is 6.12. The van der Waals surface area contributed by atoms with Crippen LogP contribution in [-0.4, -0.2) is 24.9 Å². The van der Waals surface area contributed by atoms with Gasteiger partial charge in [-0.1, -0.05) is 11.6 Å². The van der Waals surface area contributed by atoms with E-state index in [4.69, 9.17) is 16.7 Å². The molecule has 2 aromatic heterocycles. The molecule has 0 bridgehead atoms. The molecule has 2 rings (SSSR count). The maximum absolute atomic E-state index is 9.10. The number of aromatic nitrogens is 4. The summed E-state index contributed by atoms with van der Waals surface area (Å²) in [5.74, 6) is 0.515. The van der Waals surface area contributed by atoms with Gasteiger partial charge >= 0.3 is 0 Å². The van der Waals surface area contributed by atoms with Gasteiger partial charge in [0.25, 0.3) is 0 Å². The Balaban J connectivity index is 2.59. The molecule has 0 spiro atoms. The van der Waals surface area contributed by atoms with Crippen molar-refractivity contribution in [1.82, 2.24) is 19.7 Å². The number of aliphatic hydroxyl groups excluding tert-OH is 1. The van der Waals surface area contributed by atoms with Crippen LogP contribution in [0.2, 0.25) is 5.02 Å². The van der Waals surface area contributed by atoms with E-state index in [-0.39, 0.29) is 6.61 Å². The molecule has 0 aliphatic heterocycles. The van der Waals surface area contributed by atoms with Crippen molar-refractivity contribution < 1.29 is 5.11 Å². The van der Waals surface area contributed by atoms with Crippen LogP contribution in [0.5, 0.6) is 0 Å². The van der Waals surface area contributed by atoms with E-state index in [1.807, 2.05) is 6.92 Å². The van der Waals surface area contributed by atoms with E-state index >= 15 is 0 Å². The Morgan fingerprint density at radius 3 is 2.62 bits per heavy atom. The summed E-state index contributed by atoms with van der Waals surface area (Å²) in [6.07, 6.45) is 3.29. The van der Waals surface area contributed by atoms with E-state index in [1.165, 1.54) is 0 Å². The summed E-state index contributed by atoms with van der Waals surface area (Å²) < 4.78 is 1.68. The lowest BCUT2D eigenvalue weighted by Crippen LogP contribution is -2.01. The first kappa shape index (κ1) is 11.0. The highest BCUT2D eigenvalue weighted by Crippen LogP contribution is 2.28. The summed E-state index contributed by atoms with van der Waals surface area (Å²) in [4.78, 5) is 8.26. The molecule has 6 heteroatoms. The zero-order valence-electron chi connectivity index (χ0n) is 8.76. The Morgan fingerprint density at radius 2 is 2.06 bits per heavy atom. The highest BCUT2D eigenvalue weighted by molar-refractivity contribution is 6.33. The predicted octanol–water partition coefficient (Wildman–Crippen LogP) is 1.51. The highest BCUT2D eigenvalue weighted by Gasteiger charge is 2.18. The van der Waals surface area contributed by atoms with Gasteiger partial charge in [-0.2, -0.15) is 5.10 Å². The Labute approximate surface area is 97.7 Å². The zero-order chi connectivity index (χ0) is 11.5. The van der Waals surface area contributed by atoms with Crippen LogP contribution in [0.4, 0.5) is 0 Å². The lowest BCUT2D eigenvalue weighted by Gasteiger charge is -2.02. The van der Waals surface area contributed by atoms with Crippen molar-refractivity contribution in [2.75, 3.05) is 0 Å². The molecule has 0 aliphatic carbocycles. The van der Waals surface area contributed by atoms with Crippen molar-refractivity contribution in [3.05, 3.63) is 29.2 Å². The minimum absolute atomic E-state index is 0.189. The third-order valence-corrected chi connectivity index (χ3v) is 2.58. The lowest BCUT2D eigenvalue weighted by atomic mass is 10.3. The number of hydrogen-bond acceptors (Lipinski definition) is 4. The van der Waals surface area contributed by atoms with Gasteiger partial charge in [-0.3, -0.25) is 4.68 Å². The third kappa shape index (κ3) is 1.79. The van der Waals surface area contributed by atoms with Gasteiger partial charge in [0.15, 0.2) is 5.82 Å². The molecule has 0 amide bonds. The molecule has 0 unspecified atom stereocenters. The molecule has 0 fully saturated rings. The molecule has 0 aromatic carbocycles. The first-order valence-corrected chi connectivity index (χ1v) is 5.29. The van der Waals surface area contributed by atoms with Crippen molar-refractivity contribution in [3.63, 3.8) is 0 Å². The van der Waals surface area contributed by atoms with E-state index in [9.17, 15) is 0 Å². The summed E-state index contributed by atoms with van der Waals surface area (Å²) in [7, 11) is 0. The normalized spacial score (nSPS) is 10.7. The van der Waals surface area contributed by atoms with Crippen LogP contribution in [0.25, 0.3) is 11.5 Å². The van der Waals surface area contributed by atoms with Gasteiger partial charge in [0, 0.05) is 18.9 Å². The number of nitrogens with zero attached hydrogens (tertiary/aromatic N) is 4. The van der Waals surface area contributed by atoms with Gasteiger partial charge in [0.2, 0.25) is 0 Å². The molecule has 2 heterocycles. The number of aryl methyl sites for hydroxylation is 1. The molecular weight excluding hydrogens is 228 g/mol. The Morgan fingerprint density at radius 1 is 1.38 bits per heavy atom. The van der Waals surface area contributed by atoms with Gasteiger partial charge in [-0.05, 0) is 13.0 Å². The predicted molar refractivity (Wildman–Crippen MR) is 59.9 cm³/mol. The second kappa shape index (κ2) is 4.59. The minimum Gasteiger partial charge on any atom is -0.390 e. The smallest absolute Gasteiger partial charge is 0.179 e. The molecule has 2 aromatic rings. The zero-order valence-corrected chi connectivity index (χ0v) is 9.52. The van der Waals surface area contributed by atoms with Crippen LogP contribution in [0.15, 0.2) is 18.5 Å². The Bertz CT molecular complexity index is 483.